The third-order valence-electron chi connectivity index (χ3n) is 8.38. The van der Waals surface area contributed by atoms with E-state index in [9.17, 15) is 4.79 Å². The maximum Gasteiger partial charge on any atom is 0.407 e. The molecule has 42 heavy (non-hydrogen) atoms. The number of nitrogens with zero attached hydrogens (tertiary/aromatic N) is 6. The van der Waals surface area contributed by atoms with Crippen LogP contribution in [0.3, 0.4) is 0 Å². The minimum absolute atomic E-state index is 0.0150. The van der Waals surface area contributed by atoms with Crippen molar-refractivity contribution in [2.24, 2.45) is 0 Å². The van der Waals surface area contributed by atoms with Gasteiger partial charge in [-0.1, -0.05) is 41.9 Å². The molecule has 12 heteroatoms. The topological polar surface area (TPSA) is 114 Å². The van der Waals surface area contributed by atoms with E-state index in [0.29, 0.717) is 46.2 Å². The van der Waals surface area contributed by atoms with Gasteiger partial charge in [0.25, 0.3) is 0 Å². The standard InChI is InChI=1S/C30H30ClFN8O2/c1-3-39-14-20-21(38-39)11-10-19(24(20)31)26-27-28(37-36-26)35-29(16(2)33-27)40-18-9-12-23(40)25(32)22(13-18)34-30(41)42-15-17-7-5-4-6-8-17/h4-8,10-11,14,18,22-23,25H,3,9,12-13,15H2,1-2H3,(H,34,41)(H,35,36,37)/t18-,22-,23+,25-/m0/s1. The van der Waals surface area contributed by atoms with Gasteiger partial charge in [-0.3, -0.25) is 9.78 Å². The number of aryl methyl sites for hydroxylation is 2. The maximum absolute atomic E-state index is 15.9. The van der Waals surface area contributed by atoms with Crippen LogP contribution in [0.5, 0.6) is 0 Å². The molecule has 2 fully saturated rings. The van der Waals surface area contributed by atoms with Crippen molar-refractivity contribution in [1.82, 2.24) is 35.3 Å². The molecule has 3 aromatic heterocycles. The van der Waals surface area contributed by atoms with E-state index in [1.165, 1.54) is 0 Å². The molecule has 2 aliphatic heterocycles. The summed E-state index contributed by atoms with van der Waals surface area (Å²) >= 11 is 6.82. The molecule has 0 saturated carbocycles. The number of carbonyl (C=O) groups excluding carboxylic acids is 1. The fraction of sp³-hybridized carbons (Fsp3) is 0.367. The SMILES string of the molecule is CCn1cc2c(Cl)c(-c3n[nH]c4nc(N5[C@H]6CC[C@@H]5[C@@H](F)[C@@H](NC(=O)OCc5ccccc5)C6)c(C)nc34)ccc2n1. The molecule has 4 atom stereocenters. The first-order chi connectivity index (χ1) is 20.4. The number of anilines is 1. The number of rotatable bonds is 6. The third kappa shape index (κ3) is 4.52. The number of aromatic amines is 1. The predicted molar refractivity (Wildman–Crippen MR) is 158 cm³/mol. The van der Waals surface area contributed by atoms with Gasteiger partial charge in [0.2, 0.25) is 0 Å². The van der Waals surface area contributed by atoms with Gasteiger partial charge in [-0.15, -0.1) is 0 Å². The molecule has 1 amide bonds. The predicted octanol–water partition coefficient (Wildman–Crippen LogP) is 5.73. The Labute approximate surface area is 246 Å². The Bertz CT molecular complexity index is 1790. The third-order valence-corrected chi connectivity index (χ3v) is 8.79. The number of alkyl halides is 1. The van der Waals surface area contributed by atoms with Crippen molar-refractivity contribution in [1.29, 1.82) is 0 Å². The number of carbonyl (C=O) groups is 1. The average molecular weight is 589 g/mol. The number of benzene rings is 2. The molecule has 2 N–H and O–H groups in total. The molecule has 2 bridgehead atoms. The van der Waals surface area contributed by atoms with Crippen LogP contribution in [0.2, 0.25) is 5.02 Å². The zero-order chi connectivity index (χ0) is 29.0. The summed E-state index contributed by atoms with van der Waals surface area (Å²) in [5, 5.41) is 16.2. The second-order valence-electron chi connectivity index (χ2n) is 10.9. The van der Waals surface area contributed by atoms with Gasteiger partial charge in [-0.05, 0) is 50.8 Å². The molecule has 0 radical (unpaired) electrons. The quantitative estimate of drug-likeness (QED) is 0.260. The van der Waals surface area contributed by atoms with Gasteiger partial charge in [0.1, 0.15) is 24.0 Å². The molecular weight excluding hydrogens is 559 g/mol. The molecular formula is C30H30ClFN8O2. The Morgan fingerprint density at radius 1 is 1.19 bits per heavy atom. The molecule has 7 rings (SSSR count). The molecule has 0 spiro atoms. The van der Waals surface area contributed by atoms with Gasteiger partial charge in [-0.2, -0.15) is 10.2 Å². The normalized spacial score (nSPS) is 21.8. The van der Waals surface area contributed by atoms with Crippen molar-refractivity contribution in [3.63, 3.8) is 0 Å². The fourth-order valence-electron chi connectivity index (χ4n) is 6.33. The minimum atomic E-state index is -1.28. The summed E-state index contributed by atoms with van der Waals surface area (Å²) in [6.07, 6.45) is 1.95. The molecule has 10 nitrogen and oxygen atoms in total. The highest BCUT2D eigenvalue weighted by atomic mass is 35.5. The van der Waals surface area contributed by atoms with Crippen LogP contribution in [0.1, 0.15) is 37.4 Å². The molecule has 0 aliphatic carbocycles. The Balaban J connectivity index is 1.12. The molecule has 2 aliphatic rings. The molecule has 0 unspecified atom stereocenters. The van der Waals surface area contributed by atoms with Crippen molar-refractivity contribution in [3.05, 3.63) is 64.9 Å². The van der Waals surface area contributed by atoms with Crippen LogP contribution in [0, 0.1) is 6.92 Å². The first kappa shape index (κ1) is 26.6. The molecule has 216 valence electrons. The summed E-state index contributed by atoms with van der Waals surface area (Å²) in [7, 11) is 0. The number of nitrogens with one attached hydrogen (secondary N) is 2. The van der Waals surface area contributed by atoms with Crippen LogP contribution in [0.25, 0.3) is 33.3 Å². The average Bonchev–Trinajstić information content (AvgIpc) is 3.70. The highest BCUT2D eigenvalue weighted by Crippen LogP contribution is 2.42. The van der Waals surface area contributed by atoms with Crippen LogP contribution in [0.4, 0.5) is 15.0 Å². The highest BCUT2D eigenvalue weighted by Gasteiger charge is 2.49. The van der Waals surface area contributed by atoms with E-state index in [4.69, 9.17) is 26.3 Å². The number of halogens is 2. The number of fused-ring (bicyclic) bond motifs is 4. The number of H-pyrrole nitrogens is 1. The van der Waals surface area contributed by atoms with Gasteiger partial charge in [0, 0.05) is 29.7 Å². The van der Waals surface area contributed by atoms with Crippen LogP contribution in [0.15, 0.2) is 48.7 Å². The summed E-state index contributed by atoms with van der Waals surface area (Å²) < 4.78 is 23.1. The number of hydrogen-bond donors (Lipinski definition) is 2. The van der Waals surface area contributed by atoms with Crippen molar-refractivity contribution < 1.29 is 13.9 Å². The highest BCUT2D eigenvalue weighted by molar-refractivity contribution is 6.38. The minimum Gasteiger partial charge on any atom is -0.445 e. The lowest BCUT2D eigenvalue weighted by atomic mass is 9.95. The smallest absolute Gasteiger partial charge is 0.407 e. The molecule has 2 aromatic carbocycles. The maximum atomic E-state index is 15.9. The van der Waals surface area contributed by atoms with Crippen molar-refractivity contribution in [2.45, 2.75) is 70.6 Å². The number of hydrogen-bond acceptors (Lipinski definition) is 7. The van der Waals surface area contributed by atoms with E-state index in [1.54, 1.807) is 0 Å². The first-order valence-electron chi connectivity index (χ1n) is 14.2. The summed E-state index contributed by atoms with van der Waals surface area (Å²) in [4.78, 5) is 24.3. The second kappa shape index (κ2) is 10.5. The largest absolute Gasteiger partial charge is 0.445 e. The number of aromatic nitrogens is 6. The van der Waals surface area contributed by atoms with Gasteiger partial charge < -0.3 is 15.0 Å². The van der Waals surface area contributed by atoms with Crippen LogP contribution in [-0.2, 0) is 17.9 Å². The number of piperidine rings is 1. The Kier molecular flexibility index (Phi) is 6.69. The van der Waals surface area contributed by atoms with Crippen molar-refractivity contribution >= 4 is 45.6 Å². The van der Waals surface area contributed by atoms with E-state index < -0.39 is 24.3 Å². The second-order valence-corrected chi connectivity index (χ2v) is 11.3. The lowest BCUT2D eigenvalue weighted by molar-refractivity contribution is 0.117. The summed E-state index contributed by atoms with van der Waals surface area (Å²) in [6.45, 7) is 4.78. The van der Waals surface area contributed by atoms with Gasteiger partial charge in [-0.25, -0.2) is 19.2 Å². The van der Waals surface area contributed by atoms with Crippen LogP contribution < -0.4 is 10.2 Å². The Morgan fingerprint density at radius 3 is 2.83 bits per heavy atom. The van der Waals surface area contributed by atoms with Crippen LogP contribution >= 0.6 is 11.6 Å². The van der Waals surface area contributed by atoms with Crippen LogP contribution in [-0.4, -0.2) is 60.3 Å². The summed E-state index contributed by atoms with van der Waals surface area (Å²) in [6, 6.07) is 12.2. The Morgan fingerprint density at radius 2 is 2.02 bits per heavy atom. The van der Waals surface area contributed by atoms with E-state index in [-0.39, 0.29) is 12.6 Å². The van der Waals surface area contributed by atoms with Crippen molar-refractivity contribution in [2.75, 3.05) is 4.90 Å². The number of alkyl carbamates (subject to hydrolysis) is 1. The monoisotopic (exact) mass is 588 g/mol. The van der Waals surface area contributed by atoms with Gasteiger partial charge >= 0.3 is 6.09 Å². The van der Waals surface area contributed by atoms with Crippen molar-refractivity contribution in [3.8, 4) is 11.3 Å². The summed E-state index contributed by atoms with van der Waals surface area (Å²) in [5.41, 5.74) is 4.82. The fourth-order valence-corrected chi connectivity index (χ4v) is 6.63. The molecule has 2 saturated heterocycles. The van der Waals surface area contributed by atoms with E-state index >= 15 is 4.39 Å². The zero-order valence-corrected chi connectivity index (χ0v) is 24.0. The zero-order valence-electron chi connectivity index (χ0n) is 23.2. The Hall–Kier alpha value is -4.25. The van der Waals surface area contributed by atoms with Gasteiger partial charge in [0.15, 0.2) is 11.5 Å². The lowest BCUT2D eigenvalue weighted by Gasteiger charge is -2.42. The van der Waals surface area contributed by atoms with E-state index in [1.807, 2.05) is 72.1 Å². The molecule has 5 aromatic rings. The van der Waals surface area contributed by atoms with Gasteiger partial charge in [0.05, 0.1) is 28.3 Å². The first-order valence-corrected chi connectivity index (χ1v) is 14.6. The summed E-state index contributed by atoms with van der Waals surface area (Å²) in [5.74, 6) is 0.628. The number of ether oxygens (including phenoxy) is 1. The number of amides is 1. The molecule has 5 heterocycles. The van der Waals surface area contributed by atoms with E-state index in [2.05, 4.69) is 20.6 Å². The van der Waals surface area contributed by atoms with E-state index in [0.717, 1.165) is 35.0 Å². The lowest BCUT2D eigenvalue weighted by Crippen LogP contribution is -2.58.